The van der Waals surface area contributed by atoms with Gasteiger partial charge in [0.05, 0.1) is 7.11 Å². The third kappa shape index (κ3) is 3.26. The van der Waals surface area contributed by atoms with Crippen molar-refractivity contribution in [2.45, 2.75) is 31.8 Å². The molecule has 0 saturated heterocycles. The highest BCUT2D eigenvalue weighted by atomic mass is 35.5. The molecular weight excluding hydrogens is 252 g/mol. The van der Waals surface area contributed by atoms with Crippen molar-refractivity contribution < 1.29 is 18.6 Å². The number of pyridine rings is 1. The van der Waals surface area contributed by atoms with Crippen LogP contribution in [0.1, 0.15) is 16.8 Å². The van der Waals surface area contributed by atoms with Gasteiger partial charge in [-0.3, -0.25) is 4.98 Å². The Hall–Kier alpha value is -0.940. The minimum absolute atomic E-state index is 0.320. The van der Waals surface area contributed by atoms with Crippen LogP contribution in [0.15, 0.2) is 6.20 Å². The highest BCUT2D eigenvalue weighted by molar-refractivity contribution is 6.22. The molecule has 96 valence electrons. The molecule has 1 aromatic rings. The van der Waals surface area contributed by atoms with Gasteiger partial charge in [0.2, 0.25) is 0 Å². The molecule has 17 heavy (non-hydrogen) atoms. The van der Waals surface area contributed by atoms with E-state index in [4.69, 9.17) is 16.3 Å². The normalized spacial score (nSPS) is 13.6. The van der Waals surface area contributed by atoms with E-state index in [1.165, 1.54) is 13.3 Å². The van der Waals surface area contributed by atoms with Gasteiger partial charge >= 0.3 is 5.38 Å². The molecule has 3 nitrogen and oxygen atoms in total. The zero-order chi connectivity index (χ0) is 13.2. The van der Waals surface area contributed by atoms with Gasteiger partial charge in [0.25, 0.3) is 0 Å². The second-order valence-electron chi connectivity index (χ2n) is 3.81. The lowest BCUT2D eigenvalue weighted by Gasteiger charge is -2.18. The van der Waals surface area contributed by atoms with Crippen molar-refractivity contribution in [3.63, 3.8) is 0 Å². The summed E-state index contributed by atoms with van der Waals surface area (Å²) >= 11 is 4.75. The SMILES string of the molecule is COc1c(C)cnc(CC(O)C(F)(F)Cl)c1C. The number of aliphatic hydroxyl groups is 1. The summed E-state index contributed by atoms with van der Waals surface area (Å²) < 4.78 is 30.4. The van der Waals surface area contributed by atoms with Crippen molar-refractivity contribution >= 4 is 11.6 Å². The van der Waals surface area contributed by atoms with Crippen molar-refractivity contribution in [3.8, 4) is 5.75 Å². The standard InChI is InChI=1S/C11H14ClF2NO2/c1-6-5-15-8(7(2)10(6)17-3)4-9(16)11(12,13)14/h5,9,16H,4H2,1-3H3. The zero-order valence-corrected chi connectivity index (χ0v) is 10.6. The summed E-state index contributed by atoms with van der Waals surface area (Å²) in [6, 6.07) is 0. The van der Waals surface area contributed by atoms with Crippen LogP contribution in [0, 0.1) is 13.8 Å². The molecule has 0 spiro atoms. The summed E-state index contributed by atoms with van der Waals surface area (Å²) in [5.41, 5.74) is 1.79. The van der Waals surface area contributed by atoms with Crippen LogP contribution < -0.4 is 4.74 Å². The number of nitrogens with zero attached hydrogens (tertiary/aromatic N) is 1. The van der Waals surface area contributed by atoms with Gasteiger partial charge in [-0.1, -0.05) is 0 Å². The lowest BCUT2D eigenvalue weighted by Crippen LogP contribution is -2.30. The molecule has 1 unspecified atom stereocenters. The number of aliphatic hydroxyl groups excluding tert-OH is 1. The first-order chi connectivity index (χ1) is 7.77. The number of alkyl halides is 3. The minimum atomic E-state index is -3.66. The van der Waals surface area contributed by atoms with E-state index in [2.05, 4.69) is 4.98 Å². The Morgan fingerprint density at radius 3 is 2.59 bits per heavy atom. The second-order valence-corrected chi connectivity index (χ2v) is 4.31. The topological polar surface area (TPSA) is 42.4 Å². The van der Waals surface area contributed by atoms with Gasteiger partial charge < -0.3 is 9.84 Å². The number of halogens is 3. The third-order valence-electron chi connectivity index (χ3n) is 2.51. The fraction of sp³-hybridized carbons (Fsp3) is 0.545. The molecule has 0 radical (unpaired) electrons. The Balaban J connectivity index is 3.01. The van der Waals surface area contributed by atoms with Gasteiger partial charge in [-0.05, 0) is 25.4 Å². The quantitative estimate of drug-likeness (QED) is 0.851. The summed E-state index contributed by atoms with van der Waals surface area (Å²) in [6.45, 7) is 3.50. The summed E-state index contributed by atoms with van der Waals surface area (Å²) in [6.07, 6.45) is -0.776. The lowest BCUT2D eigenvalue weighted by molar-refractivity contribution is -0.0402. The van der Waals surface area contributed by atoms with E-state index >= 15 is 0 Å². The van der Waals surface area contributed by atoms with E-state index in [0.717, 1.165) is 5.56 Å². The van der Waals surface area contributed by atoms with E-state index in [-0.39, 0.29) is 6.42 Å². The van der Waals surface area contributed by atoms with E-state index in [9.17, 15) is 13.9 Å². The summed E-state index contributed by atoms with van der Waals surface area (Å²) in [7, 11) is 1.49. The predicted octanol–water partition coefficient (Wildman–Crippen LogP) is 2.44. The molecule has 1 atom stereocenters. The summed E-state index contributed by atoms with van der Waals surface area (Å²) in [5.74, 6) is 0.583. The lowest BCUT2D eigenvalue weighted by atomic mass is 10.1. The van der Waals surface area contributed by atoms with Gasteiger partial charge in [-0.25, -0.2) is 0 Å². The highest BCUT2D eigenvalue weighted by Gasteiger charge is 2.36. The summed E-state index contributed by atoms with van der Waals surface area (Å²) in [5, 5.41) is 5.57. The first kappa shape index (κ1) is 14.1. The van der Waals surface area contributed by atoms with Gasteiger partial charge in [-0.2, -0.15) is 8.78 Å². The molecule has 0 aliphatic rings. The van der Waals surface area contributed by atoms with Crippen LogP contribution in [-0.2, 0) is 6.42 Å². The molecule has 0 aliphatic carbocycles. The predicted molar refractivity (Wildman–Crippen MR) is 60.8 cm³/mol. The molecule has 0 fully saturated rings. The van der Waals surface area contributed by atoms with Crippen molar-refractivity contribution in [2.75, 3.05) is 7.11 Å². The fourth-order valence-electron chi connectivity index (χ4n) is 1.58. The third-order valence-corrected chi connectivity index (χ3v) is 2.77. The van der Waals surface area contributed by atoms with Crippen LogP contribution in [0.3, 0.4) is 0 Å². The van der Waals surface area contributed by atoms with Crippen LogP contribution in [0.4, 0.5) is 8.78 Å². The number of hydrogen-bond donors (Lipinski definition) is 1. The molecular formula is C11H14ClF2NO2. The highest BCUT2D eigenvalue weighted by Crippen LogP contribution is 2.29. The number of methoxy groups -OCH3 is 1. The largest absolute Gasteiger partial charge is 0.496 e. The van der Waals surface area contributed by atoms with Crippen LogP contribution in [0.25, 0.3) is 0 Å². The minimum Gasteiger partial charge on any atom is -0.496 e. The zero-order valence-electron chi connectivity index (χ0n) is 9.80. The van der Waals surface area contributed by atoms with Gasteiger partial charge in [0.15, 0.2) is 0 Å². The van der Waals surface area contributed by atoms with Crippen LogP contribution in [0.5, 0.6) is 5.75 Å². The van der Waals surface area contributed by atoms with Crippen LogP contribution >= 0.6 is 11.6 Å². The molecule has 1 N–H and O–H groups in total. The van der Waals surface area contributed by atoms with Crippen molar-refractivity contribution in [1.82, 2.24) is 4.98 Å². The molecule has 0 saturated carbocycles. The van der Waals surface area contributed by atoms with Crippen molar-refractivity contribution in [1.29, 1.82) is 0 Å². The van der Waals surface area contributed by atoms with Crippen molar-refractivity contribution in [2.24, 2.45) is 0 Å². The van der Waals surface area contributed by atoms with E-state index in [0.29, 0.717) is 17.0 Å². The molecule has 0 amide bonds. The second kappa shape index (κ2) is 5.14. The smallest absolute Gasteiger partial charge is 0.347 e. The molecule has 1 heterocycles. The number of aryl methyl sites for hydroxylation is 1. The average Bonchev–Trinajstić information content (AvgIpc) is 2.21. The molecule has 1 aromatic heterocycles. The Morgan fingerprint density at radius 1 is 1.53 bits per heavy atom. The first-order valence-electron chi connectivity index (χ1n) is 5.01. The molecule has 1 rings (SSSR count). The van der Waals surface area contributed by atoms with E-state index in [1.807, 2.05) is 0 Å². The maximum atomic E-state index is 12.7. The molecule has 0 aromatic carbocycles. The Labute approximate surface area is 103 Å². The Kier molecular flexibility index (Phi) is 4.27. The Morgan fingerprint density at radius 2 is 2.12 bits per heavy atom. The Bertz CT molecular complexity index is 407. The van der Waals surface area contributed by atoms with Crippen LogP contribution in [0.2, 0.25) is 0 Å². The number of aromatic nitrogens is 1. The molecule has 0 bridgehead atoms. The number of ether oxygens (including phenoxy) is 1. The molecule has 6 heteroatoms. The number of rotatable bonds is 4. The van der Waals surface area contributed by atoms with E-state index in [1.54, 1.807) is 13.8 Å². The monoisotopic (exact) mass is 265 g/mol. The number of hydrogen-bond acceptors (Lipinski definition) is 3. The average molecular weight is 266 g/mol. The van der Waals surface area contributed by atoms with Gasteiger partial charge in [0.1, 0.15) is 11.9 Å². The maximum Gasteiger partial charge on any atom is 0.347 e. The first-order valence-corrected chi connectivity index (χ1v) is 5.39. The fourth-order valence-corrected chi connectivity index (χ4v) is 1.65. The maximum absolute atomic E-state index is 12.7. The van der Waals surface area contributed by atoms with Gasteiger partial charge in [-0.15, -0.1) is 0 Å². The summed E-state index contributed by atoms with van der Waals surface area (Å²) in [4.78, 5) is 4.01. The van der Waals surface area contributed by atoms with Crippen LogP contribution in [-0.4, -0.2) is 28.7 Å². The van der Waals surface area contributed by atoms with E-state index < -0.39 is 11.5 Å². The molecule has 0 aliphatic heterocycles. The van der Waals surface area contributed by atoms with Gasteiger partial charge in [0, 0.05) is 29.4 Å². The van der Waals surface area contributed by atoms with Crippen molar-refractivity contribution in [3.05, 3.63) is 23.0 Å².